The second-order valence-corrected chi connectivity index (χ2v) is 1.96. The van der Waals surface area contributed by atoms with E-state index in [4.69, 9.17) is 0 Å². The predicted octanol–water partition coefficient (Wildman–Crippen LogP) is 1.85. The molecule has 9 heavy (non-hydrogen) atoms. The number of hydrogen-bond donors (Lipinski definition) is 0. The van der Waals surface area contributed by atoms with Crippen molar-refractivity contribution in [3.63, 3.8) is 0 Å². The Balaban J connectivity index is 2.61. The van der Waals surface area contributed by atoms with Crippen molar-refractivity contribution in [2.45, 2.75) is 12.8 Å². The fraction of sp³-hybridized carbons (Fsp3) is 0.250. The maximum Gasteiger partial charge on any atom is 0.0299 e. The van der Waals surface area contributed by atoms with Crippen LogP contribution in [0.4, 0.5) is 0 Å². The highest BCUT2D eigenvalue weighted by atomic mass is 14.6. The van der Waals surface area contributed by atoms with Crippen LogP contribution in [-0.2, 0) is 6.42 Å². The molecule has 1 heterocycles. The van der Waals surface area contributed by atoms with Crippen LogP contribution in [0.25, 0.3) is 0 Å². The molecule has 1 rings (SSSR count). The maximum absolute atomic E-state index is 3.98. The quantitative estimate of drug-likeness (QED) is 0.580. The van der Waals surface area contributed by atoms with Gasteiger partial charge in [-0.3, -0.25) is 4.98 Å². The second kappa shape index (κ2) is 3.23. The van der Waals surface area contributed by atoms with Crippen LogP contribution in [-0.4, -0.2) is 4.98 Å². The molecule has 0 fully saturated rings. The molecule has 1 nitrogen and oxygen atoms in total. The van der Waals surface area contributed by atoms with Gasteiger partial charge in [-0.25, -0.2) is 0 Å². The lowest BCUT2D eigenvalue weighted by Crippen LogP contribution is -1.81. The summed E-state index contributed by atoms with van der Waals surface area (Å²) < 4.78 is 0. The number of nitrogens with zero attached hydrogens (tertiary/aromatic N) is 1. The molecule has 0 aromatic carbocycles. The van der Waals surface area contributed by atoms with Gasteiger partial charge >= 0.3 is 0 Å². The van der Waals surface area contributed by atoms with Gasteiger partial charge in [0.25, 0.3) is 0 Å². The smallest absolute Gasteiger partial charge is 0.0299 e. The Kier molecular flexibility index (Phi) is 2.25. The lowest BCUT2D eigenvalue weighted by atomic mass is 10.2. The zero-order valence-corrected chi connectivity index (χ0v) is 5.38. The van der Waals surface area contributed by atoms with Crippen molar-refractivity contribution in [3.05, 3.63) is 37.0 Å². The molecule has 1 aromatic rings. The summed E-state index contributed by atoms with van der Waals surface area (Å²) in [6.07, 6.45) is 5.65. The Bertz CT molecular complexity index is 157. The minimum Gasteiger partial charge on any atom is -0.264 e. The van der Waals surface area contributed by atoms with E-state index in [0.717, 1.165) is 12.8 Å². The molecule has 0 atom stereocenters. The third kappa shape index (κ3) is 1.84. The number of hydrogen-bond acceptors (Lipinski definition) is 1. The molecule has 0 spiro atoms. The van der Waals surface area contributed by atoms with Gasteiger partial charge in [-0.2, -0.15) is 0 Å². The zero-order valence-electron chi connectivity index (χ0n) is 5.38. The van der Waals surface area contributed by atoms with E-state index in [1.54, 1.807) is 6.20 Å². The van der Waals surface area contributed by atoms with Crippen molar-refractivity contribution in [1.29, 1.82) is 0 Å². The first-order valence-electron chi connectivity index (χ1n) is 3.11. The van der Waals surface area contributed by atoms with Crippen LogP contribution in [0.5, 0.6) is 0 Å². The average Bonchev–Trinajstić information content (AvgIpc) is 1.91. The predicted molar refractivity (Wildman–Crippen MR) is 37.9 cm³/mol. The van der Waals surface area contributed by atoms with Crippen molar-refractivity contribution < 1.29 is 0 Å². The Labute approximate surface area is 55.7 Å². The van der Waals surface area contributed by atoms with Crippen molar-refractivity contribution in [2.75, 3.05) is 0 Å². The van der Waals surface area contributed by atoms with E-state index in [2.05, 4.69) is 18.0 Å². The average molecular weight is 120 g/mol. The van der Waals surface area contributed by atoms with Gasteiger partial charge in [-0.05, 0) is 24.5 Å². The molecular formula is C8H10N. The van der Waals surface area contributed by atoms with Gasteiger partial charge in [0.15, 0.2) is 0 Å². The first-order chi connectivity index (χ1) is 4.43. The van der Waals surface area contributed by atoms with E-state index in [-0.39, 0.29) is 0 Å². The summed E-state index contributed by atoms with van der Waals surface area (Å²) in [4.78, 5) is 3.98. The topological polar surface area (TPSA) is 12.9 Å². The minimum atomic E-state index is 0.950. The fourth-order valence-corrected chi connectivity index (χ4v) is 0.750. The summed E-state index contributed by atoms with van der Waals surface area (Å²) in [5.74, 6) is 0. The van der Waals surface area contributed by atoms with Crippen LogP contribution in [0.15, 0.2) is 24.5 Å². The molecule has 0 aliphatic carbocycles. The van der Waals surface area contributed by atoms with Crippen LogP contribution < -0.4 is 0 Å². The third-order valence-electron chi connectivity index (χ3n) is 1.19. The number of aromatic nitrogens is 1. The first kappa shape index (κ1) is 6.27. The van der Waals surface area contributed by atoms with Crippen LogP contribution in [0.3, 0.4) is 0 Å². The Hall–Kier alpha value is -0.850. The summed E-state index contributed by atoms with van der Waals surface area (Å²) in [6, 6.07) is 4.02. The molecule has 0 saturated carbocycles. The van der Waals surface area contributed by atoms with Gasteiger partial charge in [-0.1, -0.05) is 13.0 Å². The maximum atomic E-state index is 3.98. The van der Waals surface area contributed by atoms with Gasteiger partial charge in [0.1, 0.15) is 0 Å². The van der Waals surface area contributed by atoms with Crippen LogP contribution in [0.1, 0.15) is 12.0 Å². The minimum absolute atomic E-state index is 0.950. The van der Waals surface area contributed by atoms with E-state index < -0.39 is 0 Å². The molecule has 0 N–H and O–H groups in total. The van der Waals surface area contributed by atoms with Crippen molar-refractivity contribution >= 4 is 0 Å². The standard InChI is InChI=1S/C8H10N/c1-2-4-8-5-3-6-9-7-8/h3,5-7H,1-2,4H2. The van der Waals surface area contributed by atoms with E-state index in [1.165, 1.54) is 5.56 Å². The van der Waals surface area contributed by atoms with Crippen LogP contribution in [0.2, 0.25) is 0 Å². The molecule has 1 heteroatoms. The Morgan fingerprint density at radius 3 is 3.00 bits per heavy atom. The molecule has 0 saturated heterocycles. The summed E-state index contributed by atoms with van der Waals surface area (Å²) in [7, 11) is 0. The molecule has 1 radical (unpaired) electrons. The zero-order chi connectivity index (χ0) is 6.53. The Morgan fingerprint density at radius 1 is 1.56 bits per heavy atom. The Morgan fingerprint density at radius 2 is 2.44 bits per heavy atom. The molecular weight excluding hydrogens is 110 g/mol. The highest BCUT2D eigenvalue weighted by Gasteiger charge is 1.85. The highest BCUT2D eigenvalue weighted by Crippen LogP contribution is 1.97. The second-order valence-electron chi connectivity index (χ2n) is 1.96. The number of aryl methyl sites for hydroxylation is 1. The summed E-state index contributed by atoms with van der Waals surface area (Å²) in [5.41, 5.74) is 1.27. The van der Waals surface area contributed by atoms with Gasteiger partial charge in [0.2, 0.25) is 0 Å². The molecule has 0 aliphatic heterocycles. The monoisotopic (exact) mass is 120 g/mol. The molecule has 47 valence electrons. The lowest BCUT2D eigenvalue weighted by molar-refractivity contribution is 0.985. The van der Waals surface area contributed by atoms with Gasteiger partial charge < -0.3 is 0 Å². The number of rotatable bonds is 2. The van der Waals surface area contributed by atoms with Gasteiger partial charge in [-0.15, -0.1) is 0 Å². The van der Waals surface area contributed by atoms with Crippen LogP contribution >= 0.6 is 0 Å². The van der Waals surface area contributed by atoms with E-state index in [0.29, 0.717) is 0 Å². The summed E-state index contributed by atoms with van der Waals surface area (Å²) in [5, 5.41) is 0. The lowest BCUT2D eigenvalue weighted by Gasteiger charge is -1.92. The van der Waals surface area contributed by atoms with Crippen molar-refractivity contribution in [3.8, 4) is 0 Å². The van der Waals surface area contributed by atoms with E-state index in [9.17, 15) is 0 Å². The van der Waals surface area contributed by atoms with Gasteiger partial charge in [0, 0.05) is 12.4 Å². The molecule has 0 bridgehead atoms. The van der Waals surface area contributed by atoms with Crippen LogP contribution in [0, 0.1) is 6.92 Å². The molecule has 0 aliphatic rings. The van der Waals surface area contributed by atoms with Crippen molar-refractivity contribution in [1.82, 2.24) is 4.98 Å². The van der Waals surface area contributed by atoms with E-state index in [1.807, 2.05) is 12.3 Å². The number of pyridine rings is 1. The normalized spacial score (nSPS) is 9.44. The van der Waals surface area contributed by atoms with Gasteiger partial charge in [0.05, 0.1) is 0 Å². The summed E-state index contributed by atoms with van der Waals surface area (Å²) in [6.45, 7) is 3.75. The highest BCUT2D eigenvalue weighted by molar-refractivity contribution is 5.08. The molecule has 1 aromatic heterocycles. The molecule has 0 amide bonds. The van der Waals surface area contributed by atoms with Crippen molar-refractivity contribution in [2.24, 2.45) is 0 Å². The largest absolute Gasteiger partial charge is 0.264 e. The SMILES string of the molecule is [CH2]CCc1cccnc1. The fourth-order valence-electron chi connectivity index (χ4n) is 0.750. The first-order valence-corrected chi connectivity index (χ1v) is 3.11. The molecule has 0 unspecified atom stereocenters. The summed E-state index contributed by atoms with van der Waals surface area (Å²) >= 11 is 0. The third-order valence-corrected chi connectivity index (χ3v) is 1.19. The van der Waals surface area contributed by atoms with E-state index >= 15 is 0 Å².